The van der Waals surface area contributed by atoms with E-state index in [0.717, 1.165) is 34.3 Å². The third kappa shape index (κ3) is 3.53. The molecule has 140 valence electrons. The molecule has 1 heterocycles. The van der Waals surface area contributed by atoms with Crippen molar-refractivity contribution in [3.63, 3.8) is 0 Å². The number of amides is 2. The molecule has 0 aliphatic carbocycles. The van der Waals surface area contributed by atoms with Crippen molar-refractivity contribution in [2.75, 3.05) is 7.05 Å². The molecule has 0 aliphatic rings. The van der Waals surface area contributed by atoms with Crippen molar-refractivity contribution in [2.45, 2.75) is 19.9 Å². The van der Waals surface area contributed by atoms with Gasteiger partial charge in [0.15, 0.2) is 11.6 Å². The Kier molecular flexibility index (Phi) is 4.94. The molecule has 7 heteroatoms. The first kappa shape index (κ1) is 18.6. The molecular formula is C20H19F2N3O2. The minimum Gasteiger partial charge on any atom is -0.358 e. The number of fused-ring (bicyclic) bond motifs is 1. The summed E-state index contributed by atoms with van der Waals surface area (Å²) in [5.41, 5.74) is 3.46. The van der Waals surface area contributed by atoms with E-state index >= 15 is 0 Å². The molecule has 0 fully saturated rings. The fourth-order valence-electron chi connectivity index (χ4n) is 2.95. The molecule has 0 spiro atoms. The summed E-state index contributed by atoms with van der Waals surface area (Å²) in [5, 5.41) is 5.92. The Balaban J connectivity index is 1.93. The summed E-state index contributed by atoms with van der Waals surface area (Å²) in [6.45, 7) is 3.89. The molecule has 3 N–H and O–H groups in total. The van der Waals surface area contributed by atoms with Crippen molar-refractivity contribution in [3.05, 3.63) is 70.4 Å². The summed E-state index contributed by atoms with van der Waals surface area (Å²) in [6, 6.07) is 7.10. The zero-order valence-corrected chi connectivity index (χ0v) is 15.1. The standard InChI is InChI=1S/C20H19F2N3O2/c1-10-11(2)24-17-7-5-13(8-14(10)17)19(26)25-18(20(27)23-3)12-4-6-15(21)16(22)9-12/h4-9,18,24H,1-3H3,(H,23,27)(H,25,26). The van der Waals surface area contributed by atoms with Gasteiger partial charge in [0.05, 0.1) is 0 Å². The number of aromatic amines is 1. The van der Waals surface area contributed by atoms with Crippen molar-refractivity contribution in [3.8, 4) is 0 Å². The SMILES string of the molecule is CNC(=O)C(NC(=O)c1ccc2[nH]c(C)c(C)c2c1)c1ccc(F)c(F)c1. The lowest BCUT2D eigenvalue weighted by atomic mass is 10.0. The highest BCUT2D eigenvalue weighted by Crippen LogP contribution is 2.23. The molecular weight excluding hydrogens is 352 g/mol. The smallest absolute Gasteiger partial charge is 0.252 e. The first-order valence-electron chi connectivity index (χ1n) is 8.38. The van der Waals surface area contributed by atoms with Crippen LogP contribution in [-0.2, 0) is 4.79 Å². The van der Waals surface area contributed by atoms with Crippen molar-refractivity contribution in [1.29, 1.82) is 0 Å². The quantitative estimate of drug-likeness (QED) is 0.658. The lowest BCUT2D eigenvalue weighted by Crippen LogP contribution is -2.39. The molecule has 1 unspecified atom stereocenters. The fourth-order valence-corrected chi connectivity index (χ4v) is 2.95. The maximum absolute atomic E-state index is 13.6. The Bertz CT molecular complexity index is 1040. The van der Waals surface area contributed by atoms with Crippen molar-refractivity contribution in [2.24, 2.45) is 0 Å². The average molecular weight is 371 g/mol. The Morgan fingerprint density at radius 1 is 1.04 bits per heavy atom. The van der Waals surface area contributed by atoms with E-state index in [9.17, 15) is 18.4 Å². The molecule has 2 aromatic carbocycles. The summed E-state index contributed by atoms with van der Waals surface area (Å²) < 4.78 is 26.8. The largest absolute Gasteiger partial charge is 0.358 e. The van der Waals surface area contributed by atoms with Gasteiger partial charge in [-0.1, -0.05) is 6.07 Å². The van der Waals surface area contributed by atoms with Crippen LogP contribution < -0.4 is 10.6 Å². The van der Waals surface area contributed by atoms with Crippen LogP contribution >= 0.6 is 0 Å². The monoisotopic (exact) mass is 371 g/mol. The minimum atomic E-state index is -1.15. The predicted molar refractivity (Wildman–Crippen MR) is 98.4 cm³/mol. The Labute approximate surface area is 154 Å². The van der Waals surface area contributed by atoms with Gasteiger partial charge >= 0.3 is 0 Å². The van der Waals surface area contributed by atoms with E-state index in [1.807, 2.05) is 13.8 Å². The first-order chi connectivity index (χ1) is 12.8. The highest BCUT2D eigenvalue weighted by Gasteiger charge is 2.24. The van der Waals surface area contributed by atoms with Gasteiger partial charge < -0.3 is 15.6 Å². The molecule has 2 amide bonds. The van der Waals surface area contributed by atoms with Gasteiger partial charge in [-0.15, -0.1) is 0 Å². The predicted octanol–water partition coefficient (Wildman–Crippen LogP) is 3.28. The molecule has 0 saturated heterocycles. The van der Waals surface area contributed by atoms with Crippen LogP contribution in [0, 0.1) is 25.5 Å². The van der Waals surface area contributed by atoms with Crippen LogP contribution in [0.4, 0.5) is 8.78 Å². The van der Waals surface area contributed by atoms with Gasteiger partial charge in [-0.25, -0.2) is 8.78 Å². The number of carbonyl (C=O) groups is 2. The number of nitrogens with one attached hydrogen (secondary N) is 3. The van der Waals surface area contributed by atoms with Crippen LogP contribution in [0.2, 0.25) is 0 Å². The number of hydrogen-bond donors (Lipinski definition) is 3. The third-order valence-electron chi connectivity index (χ3n) is 4.63. The normalized spacial score (nSPS) is 12.0. The molecule has 1 atom stereocenters. The number of hydrogen-bond acceptors (Lipinski definition) is 2. The Morgan fingerprint density at radius 2 is 1.78 bits per heavy atom. The summed E-state index contributed by atoms with van der Waals surface area (Å²) in [5.74, 6) is -3.14. The van der Waals surface area contributed by atoms with Crippen LogP contribution in [0.1, 0.15) is 33.2 Å². The number of likely N-dealkylation sites (N-methyl/N-ethyl adjacent to an activating group) is 1. The topological polar surface area (TPSA) is 74.0 Å². The summed E-state index contributed by atoms with van der Waals surface area (Å²) in [6.07, 6.45) is 0. The summed E-state index contributed by atoms with van der Waals surface area (Å²) in [4.78, 5) is 28.1. The number of halogens is 2. The highest BCUT2D eigenvalue weighted by molar-refractivity contribution is 6.01. The fraction of sp³-hybridized carbons (Fsp3) is 0.200. The Hall–Kier alpha value is -3.22. The van der Waals surface area contributed by atoms with Crippen LogP contribution in [-0.4, -0.2) is 23.8 Å². The van der Waals surface area contributed by atoms with E-state index in [2.05, 4.69) is 15.6 Å². The van der Waals surface area contributed by atoms with Crippen molar-refractivity contribution in [1.82, 2.24) is 15.6 Å². The van der Waals surface area contributed by atoms with E-state index < -0.39 is 29.5 Å². The summed E-state index contributed by atoms with van der Waals surface area (Å²) in [7, 11) is 1.40. The molecule has 1 aromatic heterocycles. The van der Waals surface area contributed by atoms with Gasteiger partial charge in [-0.05, 0) is 55.3 Å². The van der Waals surface area contributed by atoms with E-state index in [-0.39, 0.29) is 5.56 Å². The zero-order chi connectivity index (χ0) is 19.7. The van der Waals surface area contributed by atoms with Gasteiger partial charge in [0.2, 0.25) is 5.91 Å². The number of H-pyrrole nitrogens is 1. The van der Waals surface area contributed by atoms with Crippen LogP contribution in [0.5, 0.6) is 0 Å². The molecule has 3 aromatic rings. The molecule has 0 saturated carbocycles. The average Bonchev–Trinajstić information content (AvgIpc) is 2.95. The molecule has 0 bridgehead atoms. The van der Waals surface area contributed by atoms with E-state index in [1.165, 1.54) is 13.1 Å². The van der Waals surface area contributed by atoms with E-state index in [0.29, 0.717) is 5.56 Å². The van der Waals surface area contributed by atoms with Gasteiger partial charge in [-0.3, -0.25) is 9.59 Å². The molecule has 0 radical (unpaired) electrons. The van der Waals surface area contributed by atoms with Gasteiger partial charge in [0, 0.05) is 29.2 Å². The second-order valence-corrected chi connectivity index (χ2v) is 6.33. The van der Waals surface area contributed by atoms with Crippen molar-refractivity contribution >= 4 is 22.7 Å². The molecule has 5 nitrogen and oxygen atoms in total. The second-order valence-electron chi connectivity index (χ2n) is 6.33. The first-order valence-corrected chi connectivity index (χ1v) is 8.38. The number of aryl methyl sites for hydroxylation is 2. The highest BCUT2D eigenvalue weighted by atomic mass is 19.2. The second kappa shape index (κ2) is 7.19. The van der Waals surface area contributed by atoms with Crippen molar-refractivity contribution < 1.29 is 18.4 Å². The number of benzene rings is 2. The molecule has 3 rings (SSSR count). The van der Waals surface area contributed by atoms with Crippen LogP contribution in [0.3, 0.4) is 0 Å². The maximum atomic E-state index is 13.6. The van der Waals surface area contributed by atoms with Gasteiger partial charge in [0.25, 0.3) is 5.91 Å². The third-order valence-corrected chi connectivity index (χ3v) is 4.63. The zero-order valence-electron chi connectivity index (χ0n) is 15.1. The van der Waals surface area contributed by atoms with E-state index in [4.69, 9.17) is 0 Å². The number of aromatic nitrogens is 1. The lowest BCUT2D eigenvalue weighted by molar-refractivity contribution is -0.122. The number of rotatable bonds is 4. The van der Waals surface area contributed by atoms with Gasteiger partial charge in [-0.2, -0.15) is 0 Å². The lowest BCUT2D eigenvalue weighted by Gasteiger charge is -2.18. The molecule has 0 aliphatic heterocycles. The van der Waals surface area contributed by atoms with Crippen LogP contribution in [0.15, 0.2) is 36.4 Å². The molecule has 27 heavy (non-hydrogen) atoms. The Morgan fingerprint density at radius 3 is 2.44 bits per heavy atom. The van der Waals surface area contributed by atoms with Gasteiger partial charge in [0.1, 0.15) is 6.04 Å². The minimum absolute atomic E-state index is 0.149. The van der Waals surface area contributed by atoms with Crippen LogP contribution in [0.25, 0.3) is 10.9 Å². The maximum Gasteiger partial charge on any atom is 0.252 e. The number of carbonyl (C=O) groups excluding carboxylic acids is 2. The summed E-state index contributed by atoms with van der Waals surface area (Å²) >= 11 is 0. The van der Waals surface area contributed by atoms with E-state index in [1.54, 1.807) is 18.2 Å².